The van der Waals surface area contributed by atoms with Crippen LogP contribution in [-0.4, -0.2) is 44.3 Å². The number of benzene rings is 1. The Bertz CT molecular complexity index is 418. The zero-order chi connectivity index (χ0) is 13.0. The van der Waals surface area contributed by atoms with E-state index in [1.165, 1.54) is 7.11 Å². The molecule has 98 valence electrons. The van der Waals surface area contributed by atoms with Crippen molar-refractivity contribution in [2.45, 2.75) is 6.04 Å². The molecule has 0 aliphatic carbocycles. The monoisotopic (exact) mass is 313 g/mol. The van der Waals surface area contributed by atoms with Crippen LogP contribution in [-0.2, 0) is 14.3 Å². The molecule has 1 saturated heterocycles. The highest BCUT2D eigenvalue weighted by Gasteiger charge is 2.30. The number of carbonyl (C=O) groups excluding carboxylic acids is 1. The topological polar surface area (TPSA) is 38.8 Å². The van der Waals surface area contributed by atoms with E-state index in [4.69, 9.17) is 9.47 Å². The molecule has 5 heteroatoms. The molecule has 0 radical (unpaired) electrons. The van der Waals surface area contributed by atoms with Gasteiger partial charge < -0.3 is 9.47 Å². The Morgan fingerprint density at radius 1 is 1.39 bits per heavy atom. The predicted molar refractivity (Wildman–Crippen MR) is 71.3 cm³/mol. The summed E-state index contributed by atoms with van der Waals surface area (Å²) in [5.41, 5.74) is 0.936. The average molecular weight is 314 g/mol. The van der Waals surface area contributed by atoms with Gasteiger partial charge in [-0.25, -0.2) is 4.79 Å². The van der Waals surface area contributed by atoms with Crippen LogP contribution in [0, 0.1) is 0 Å². The van der Waals surface area contributed by atoms with Crippen molar-refractivity contribution in [3.63, 3.8) is 0 Å². The fourth-order valence-corrected chi connectivity index (χ4v) is 2.62. The number of methoxy groups -OCH3 is 1. The molecule has 0 aromatic heterocycles. The molecule has 0 N–H and O–H groups in total. The van der Waals surface area contributed by atoms with Gasteiger partial charge in [0.15, 0.2) is 0 Å². The summed E-state index contributed by atoms with van der Waals surface area (Å²) in [6.45, 7) is 2.78. The van der Waals surface area contributed by atoms with Gasteiger partial charge in [0.05, 0.1) is 20.3 Å². The van der Waals surface area contributed by atoms with E-state index >= 15 is 0 Å². The van der Waals surface area contributed by atoms with Gasteiger partial charge in [0.2, 0.25) is 0 Å². The Hall–Kier alpha value is -0.910. The summed E-state index contributed by atoms with van der Waals surface area (Å²) in [5, 5.41) is 0. The van der Waals surface area contributed by atoms with E-state index in [2.05, 4.69) is 20.8 Å². The summed E-state index contributed by atoms with van der Waals surface area (Å²) in [6.07, 6.45) is 0. The molecule has 0 spiro atoms. The zero-order valence-corrected chi connectivity index (χ0v) is 11.9. The minimum atomic E-state index is -0.366. The maximum absolute atomic E-state index is 12.0. The lowest BCUT2D eigenvalue weighted by molar-refractivity contribution is -0.149. The summed E-state index contributed by atoms with van der Waals surface area (Å²) >= 11 is 3.50. The van der Waals surface area contributed by atoms with E-state index < -0.39 is 0 Å². The lowest BCUT2D eigenvalue weighted by Gasteiger charge is -2.33. The first kappa shape index (κ1) is 13.5. The number of ether oxygens (including phenoxy) is 2. The van der Waals surface area contributed by atoms with E-state index in [0.29, 0.717) is 13.2 Å². The van der Waals surface area contributed by atoms with E-state index in [1.807, 2.05) is 24.3 Å². The Balaban J connectivity index is 2.30. The van der Waals surface area contributed by atoms with Crippen LogP contribution in [0.2, 0.25) is 0 Å². The van der Waals surface area contributed by atoms with Crippen molar-refractivity contribution in [2.75, 3.05) is 33.4 Å². The summed E-state index contributed by atoms with van der Waals surface area (Å²) < 4.78 is 11.2. The van der Waals surface area contributed by atoms with E-state index in [0.717, 1.165) is 23.1 Å². The summed E-state index contributed by atoms with van der Waals surface area (Å²) in [6, 6.07) is 7.37. The maximum atomic E-state index is 12.0. The number of halogens is 1. The molecule has 18 heavy (non-hydrogen) atoms. The van der Waals surface area contributed by atoms with Crippen molar-refractivity contribution in [1.82, 2.24) is 4.90 Å². The van der Waals surface area contributed by atoms with Crippen molar-refractivity contribution in [3.8, 4) is 0 Å². The number of rotatable bonds is 3. The highest BCUT2D eigenvalue weighted by atomic mass is 79.9. The second kappa shape index (κ2) is 6.31. The van der Waals surface area contributed by atoms with Gasteiger partial charge >= 0.3 is 5.97 Å². The van der Waals surface area contributed by atoms with Crippen LogP contribution in [0.15, 0.2) is 28.7 Å². The highest BCUT2D eigenvalue weighted by Crippen LogP contribution is 2.29. The molecule has 1 aliphatic heterocycles. The molecule has 1 aliphatic rings. The Morgan fingerprint density at radius 3 is 2.67 bits per heavy atom. The van der Waals surface area contributed by atoms with Crippen LogP contribution in [0.4, 0.5) is 0 Å². The second-order valence-corrected chi connectivity index (χ2v) is 4.95. The fourth-order valence-electron chi connectivity index (χ4n) is 2.12. The first-order chi connectivity index (χ1) is 8.74. The SMILES string of the molecule is COC(=O)C(c1ccccc1Br)N1CCOCC1. The van der Waals surface area contributed by atoms with Gasteiger partial charge in [-0.05, 0) is 11.6 Å². The minimum absolute atomic E-state index is 0.233. The van der Waals surface area contributed by atoms with Gasteiger partial charge in [-0.15, -0.1) is 0 Å². The Labute approximate surface area is 115 Å². The van der Waals surface area contributed by atoms with Crippen molar-refractivity contribution in [1.29, 1.82) is 0 Å². The number of hydrogen-bond acceptors (Lipinski definition) is 4. The van der Waals surface area contributed by atoms with Crippen molar-refractivity contribution in [3.05, 3.63) is 34.3 Å². The smallest absolute Gasteiger partial charge is 0.327 e. The molecule has 0 saturated carbocycles. The molecule has 0 bridgehead atoms. The molecule has 1 unspecified atom stereocenters. The standard InChI is InChI=1S/C13H16BrNO3/c1-17-13(16)12(15-6-8-18-9-7-15)10-4-2-3-5-11(10)14/h2-5,12H,6-9H2,1H3. The summed E-state index contributed by atoms with van der Waals surface area (Å²) in [5.74, 6) is -0.233. The first-order valence-corrected chi connectivity index (χ1v) is 6.67. The number of carbonyl (C=O) groups is 1. The summed E-state index contributed by atoms with van der Waals surface area (Å²) in [4.78, 5) is 14.1. The first-order valence-electron chi connectivity index (χ1n) is 5.88. The van der Waals surface area contributed by atoms with Gasteiger partial charge in [-0.2, -0.15) is 0 Å². The van der Waals surface area contributed by atoms with Crippen LogP contribution < -0.4 is 0 Å². The molecular weight excluding hydrogens is 298 g/mol. The molecule has 1 fully saturated rings. The van der Waals surface area contributed by atoms with Crippen LogP contribution in [0.5, 0.6) is 0 Å². The molecular formula is C13H16BrNO3. The lowest BCUT2D eigenvalue weighted by atomic mass is 10.1. The van der Waals surface area contributed by atoms with Crippen LogP contribution in [0.25, 0.3) is 0 Å². The molecule has 1 aromatic rings. The quantitative estimate of drug-likeness (QED) is 0.800. The number of morpholine rings is 1. The van der Waals surface area contributed by atoms with Crippen LogP contribution in [0.3, 0.4) is 0 Å². The third kappa shape index (κ3) is 2.91. The zero-order valence-electron chi connectivity index (χ0n) is 10.3. The van der Waals surface area contributed by atoms with E-state index in [9.17, 15) is 4.79 Å². The molecule has 1 atom stereocenters. The van der Waals surface area contributed by atoms with Gasteiger partial charge in [-0.3, -0.25) is 4.90 Å². The van der Waals surface area contributed by atoms with Crippen molar-refractivity contribution < 1.29 is 14.3 Å². The number of esters is 1. The minimum Gasteiger partial charge on any atom is -0.468 e. The van der Waals surface area contributed by atoms with Crippen LogP contribution >= 0.6 is 15.9 Å². The molecule has 0 amide bonds. The van der Waals surface area contributed by atoms with Crippen molar-refractivity contribution >= 4 is 21.9 Å². The predicted octanol–water partition coefficient (Wildman–Crippen LogP) is 2.00. The third-order valence-electron chi connectivity index (χ3n) is 3.04. The average Bonchev–Trinajstić information content (AvgIpc) is 2.42. The highest BCUT2D eigenvalue weighted by molar-refractivity contribution is 9.10. The molecule has 1 aromatic carbocycles. The van der Waals surface area contributed by atoms with Gasteiger partial charge in [0.25, 0.3) is 0 Å². The van der Waals surface area contributed by atoms with Gasteiger partial charge in [0, 0.05) is 17.6 Å². The summed E-state index contributed by atoms with van der Waals surface area (Å²) in [7, 11) is 1.42. The lowest BCUT2D eigenvalue weighted by Crippen LogP contribution is -2.42. The number of hydrogen-bond donors (Lipinski definition) is 0. The van der Waals surface area contributed by atoms with Gasteiger partial charge in [-0.1, -0.05) is 34.1 Å². The largest absolute Gasteiger partial charge is 0.468 e. The van der Waals surface area contributed by atoms with Crippen LogP contribution in [0.1, 0.15) is 11.6 Å². The van der Waals surface area contributed by atoms with Crippen molar-refractivity contribution in [2.24, 2.45) is 0 Å². The van der Waals surface area contributed by atoms with Gasteiger partial charge in [0.1, 0.15) is 6.04 Å². The van der Waals surface area contributed by atoms with E-state index in [1.54, 1.807) is 0 Å². The maximum Gasteiger partial charge on any atom is 0.327 e. The fraction of sp³-hybridized carbons (Fsp3) is 0.462. The molecule has 4 nitrogen and oxygen atoms in total. The Kier molecular flexibility index (Phi) is 4.74. The molecule has 2 rings (SSSR count). The third-order valence-corrected chi connectivity index (χ3v) is 3.76. The molecule has 1 heterocycles. The normalized spacial score (nSPS) is 18.3. The van der Waals surface area contributed by atoms with E-state index in [-0.39, 0.29) is 12.0 Å². The second-order valence-electron chi connectivity index (χ2n) is 4.10. The number of nitrogens with zero attached hydrogens (tertiary/aromatic N) is 1. The Morgan fingerprint density at radius 2 is 2.06 bits per heavy atom.